The van der Waals surface area contributed by atoms with Gasteiger partial charge in [0.15, 0.2) is 11.9 Å². The first-order valence-electron chi connectivity index (χ1n) is 24.3. The van der Waals surface area contributed by atoms with Crippen molar-refractivity contribution in [1.29, 1.82) is 0 Å². The summed E-state index contributed by atoms with van der Waals surface area (Å²) in [6.45, 7) is 15.9. The number of Topliss-reactive ketones (excluding diaryl/α,β-unsaturated/α-hetero) is 2. The van der Waals surface area contributed by atoms with Crippen LogP contribution in [0.15, 0.2) is 29.6 Å². The van der Waals surface area contributed by atoms with Crippen LogP contribution in [-0.2, 0) is 44.3 Å². The number of rotatable bonds is 32. The van der Waals surface area contributed by atoms with E-state index < -0.39 is 63.1 Å². The van der Waals surface area contributed by atoms with Gasteiger partial charge in [0, 0.05) is 86.4 Å². The van der Waals surface area contributed by atoms with Gasteiger partial charge in [-0.2, -0.15) is 0 Å². The minimum Gasteiger partial charge on any atom is -0.481 e. The highest BCUT2D eigenvalue weighted by molar-refractivity contribution is 8.77. The number of esters is 1. The van der Waals surface area contributed by atoms with Crippen LogP contribution in [0.2, 0.25) is 0 Å². The van der Waals surface area contributed by atoms with E-state index in [-0.39, 0.29) is 96.5 Å². The van der Waals surface area contributed by atoms with Crippen molar-refractivity contribution in [1.82, 2.24) is 20.1 Å². The van der Waals surface area contributed by atoms with Crippen LogP contribution in [0.4, 0.5) is 0 Å². The highest BCUT2D eigenvalue weighted by Crippen LogP contribution is 2.43. The molecule has 0 aliphatic carbocycles. The van der Waals surface area contributed by atoms with Gasteiger partial charge in [0.25, 0.3) is 5.91 Å². The van der Waals surface area contributed by atoms with E-state index >= 15 is 0 Å². The standard InChI is InChI=1S/C48H76N4O14P2S3/c1-10-37(54)19-22-67(60,61)23-24-70-71-33(7)18-21-52-20-12-11-13-41(52)43(55)27-39(30(2)3)47(57)51(9)42(31(4)5)28-44(65-34(8)53)46-50-40(29-69-46)45(56)49-36(25-32(6)48(58)59)26-35-14-16-38(17-15-35)66-68(62,63)64/h14-17,29-33,36,39,41-42,44H,10-13,18-28H2,1-9H3,(H,49,56)(H,58,59)(H,60,61)(H2,62,63,64)/t32?,33?,36-,39+,41-,42-,44-/m1/s1. The third kappa shape index (κ3) is 22.1. The zero-order valence-corrected chi connectivity index (χ0v) is 46.8. The zero-order chi connectivity index (χ0) is 53.2. The first-order valence-corrected chi connectivity index (χ1v) is 31.2. The van der Waals surface area contributed by atoms with Gasteiger partial charge in [-0.15, -0.1) is 11.3 Å². The minimum absolute atomic E-state index is 0.0112. The number of hydrogen-bond donors (Lipinski definition) is 5. The molecule has 0 spiro atoms. The molecule has 1 aliphatic heterocycles. The van der Waals surface area contributed by atoms with Crippen molar-refractivity contribution in [3.63, 3.8) is 0 Å². The van der Waals surface area contributed by atoms with E-state index in [1.807, 2.05) is 27.7 Å². The molecule has 1 fully saturated rings. The molecule has 1 aromatic carbocycles. The number of ketones is 2. The fraction of sp³-hybridized carbons (Fsp3) is 0.688. The number of phosphoric acid groups is 1. The Morgan fingerprint density at radius 3 is 2.24 bits per heavy atom. The van der Waals surface area contributed by atoms with Crippen LogP contribution in [0.5, 0.6) is 5.75 Å². The van der Waals surface area contributed by atoms with E-state index in [0.29, 0.717) is 35.7 Å². The summed E-state index contributed by atoms with van der Waals surface area (Å²) in [5, 5.41) is 14.6. The third-order valence-electron chi connectivity index (χ3n) is 12.7. The maximum atomic E-state index is 14.5. The van der Waals surface area contributed by atoms with Crippen molar-refractivity contribution >= 4 is 83.4 Å². The average molecular weight is 1090 g/mol. The lowest BCUT2D eigenvalue weighted by atomic mass is 9.84. The second kappa shape index (κ2) is 29.7. The van der Waals surface area contributed by atoms with Gasteiger partial charge >= 0.3 is 19.8 Å². The molecular formula is C48H76N4O14P2S3. The lowest BCUT2D eigenvalue weighted by Crippen LogP contribution is -2.49. The van der Waals surface area contributed by atoms with Crippen LogP contribution in [0.25, 0.3) is 0 Å². The average Bonchev–Trinajstić information content (AvgIpc) is 3.79. The van der Waals surface area contributed by atoms with Crippen LogP contribution in [0.3, 0.4) is 0 Å². The number of aromatic nitrogens is 1. The highest BCUT2D eigenvalue weighted by atomic mass is 33.1. The van der Waals surface area contributed by atoms with Crippen LogP contribution in [0, 0.1) is 23.7 Å². The Hall–Kier alpha value is -3.13. The molecule has 23 heteroatoms. The van der Waals surface area contributed by atoms with Gasteiger partial charge in [-0.05, 0) is 74.7 Å². The summed E-state index contributed by atoms with van der Waals surface area (Å²) < 4.78 is 34.2. The van der Waals surface area contributed by atoms with Gasteiger partial charge in [0.1, 0.15) is 22.2 Å². The van der Waals surface area contributed by atoms with Crippen LogP contribution >= 0.6 is 48.1 Å². The summed E-state index contributed by atoms with van der Waals surface area (Å²) >= 11 is 1.10. The number of hydrogen-bond acceptors (Lipinski definition) is 15. The van der Waals surface area contributed by atoms with Gasteiger partial charge in [-0.1, -0.05) is 88.6 Å². The molecule has 5 N–H and O–H groups in total. The number of amides is 2. The molecule has 71 heavy (non-hydrogen) atoms. The van der Waals surface area contributed by atoms with Crippen molar-refractivity contribution < 1.29 is 66.9 Å². The molecule has 1 saturated heterocycles. The van der Waals surface area contributed by atoms with Crippen molar-refractivity contribution in [3.8, 4) is 5.75 Å². The molecule has 1 aliphatic rings. The number of piperidine rings is 1. The number of thiazole rings is 1. The molecule has 2 aromatic rings. The zero-order valence-electron chi connectivity index (χ0n) is 42.5. The predicted molar refractivity (Wildman–Crippen MR) is 279 cm³/mol. The fourth-order valence-electron chi connectivity index (χ4n) is 8.46. The molecular weight excluding hydrogens is 1010 g/mol. The molecule has 2 amide bonds. The number of nitrogens with one attached hydrogen (secondary N) is 1. The quantitative estimate of drug-likeness (QED) is 0.0199. The number of likely N-dealkylation sites (tertiary alicyclic amines) is 1. The third-order valence-corrected chi connectivity index (χ3v) is 19.2. The Balaban J connectivity index is 1.70. The van der Waals surface area contributed by atoms with Crippen LogP contribution in [0.1, 0.15) is 140 Å². The number of carbonyl (C=O) groups excluding carboxylic acids is 5. The first kappa shape index (κ1) is 62.2. The van der Waals surface area contributed by atoms with Gasteiger partial charge in [0.05, 0.1) is 12.0 Å². The molecule has 2 heterocycles. The van der Waals surface area contributed by atoms with E-state index in [2.05, 4.69) is 26.6 Å². The smallest absolute Gasteiger partial charge is 0.481 e. The van der Waals surface area contributed by atoms with Crippen LogP contribution in [-0.4, -0.2) is 131 Å². The van der Waals surface area contributed by atoms with Crippen molar-refractivity contribution in [2.24, 2.45) is 23.7 Å². The maximum Gasteiger partial charge on any atom is 0.524 e. The normalized spacial score (nSPS) is 17.9. The first-order chi connectivity index (χ1) is 33.2. The fourth-order valence-corrected chi connectivity index (χ4v) is 14.4. The number of phosphoric ester groups is 1. The van der Waals surface area contributed by atoms with Crippen LogP contribution < -0.4 is 9.84 Å². The Kier molecular flexibility index (Phi) is 26.0. The maximum absolute atomic E-state index is 14.5. The number of carbonyl (C=O) groups is 6. The van der Waals surface area contributed by atoms with E-state index in [9.17, 15) is 47.9 Å². The van der Waals surface area contributed by atoms with Crippen molar-refractivity contribution in [2.45, 2.75) is 149 Å². The summed E-state index contributed by atoms with van der Waals surface area (Å²) in [5.41, 5.74) is 0.647. The SMILES string of the molecule is CCC(=O)CCP(=O)(O)CCSSC(C)CCN1CCCC[C@@H]1C(=O)C[C@H](C(=O)N(C)[C@H](C[C@@H](OC(C)=O)c1nc(C(=O)N[C@@H](Cc2ccc(OP(=O)(O)O)cc2)CC(C)C(=O)O)cs1)C(C)C)C(C)C. The molecule has 3 rings (SSSR count). The number of ether oxygens (including phenoxy) is 1. The van der Waals surface area contributed by atoms with Gasteiger partial charge in [-0.25, -0.2) is 9.55 Å². The van der Waals surface area contributed by atoms with Gasteiger partial charge < -0.3 is 29.5 Å². The Morgan fingerprint density at radius 2 is 1.65 bits per heavy atom. The summed E-state index contributed by atoms with van der Waals surface area (Å²) in [6, 6.07) is 4.35. The molecule has 400 valence electrons. The minimum atomic E-state index is -4.78. The number of carboxylic acids is 1. The molecule has 0 saturated carbocycles. The number of benzene rings is 1. The van der Waals surface area contributed by atoms with Gasteiger partial charge in [0.2, 0.25) is 13.3 Å². The van der Waals surface area contributed by atoms with E-state index in [4.69, 9.17) is 14.5 Å². The predicted octanol–water partition coefficient (Wildman–Crippen LogP) is 8.43. The molecule has 3 unspecified atom stereocenters. The summed E-state index contributed by atoms with van der Waals surface area (Å²) in [4.78, 5) is 115. The van der Waals surface area contributed by atoms with E-state index in [1.165, 1.54) is 31.4 Å². The van der Waals surface area contributed by atoms with E-state index in [1.54, 1.807) is 52.6 Å². The second-order valence-corrected chi connectivity index (χ2v) is 26.8. The summed E-state index contributed by atoms with van der Waals surface area (Å²) in [7, 11) is -3.23. The molecule has 18 nitrogen and oxygen atoms in total. The van der Waals surface area contributed by atoms with Gasteiger partial charge in [-0.3, -0.25) is 48.0 Å². The number of carboxylic acid groups (broad SMARTS) is 1. The highest BCUT2D eigenvalue weighted by Gasteiger charge is 2.38. The number of nitrogens with zero attached hydrogens (tertiary/aromatic N) is 3. The summed E-state index contributed by atoms with van der Waals surface area (Å²) in [5.74, 6) is -3.73. The Morgan fingerprint density at radius 1 is 0.972 bits per heavy atom. The largest absolute Gasteiger partial charge is 0.524 e. The monoisotopic (exact) mass is 1090 g/mol. The van der Waals surface area contributed by atoms with Crippen molar-refractivity contribution in [3.05, 3.63) is 45.9 Å². The van der Waals surface area contributed by atoms with Crippen molar-refractivity contribution in [2.75, 3.05) is 38.2 Å². The summed E-state index contributed by atoms with van der Waals surface area (Å²) in [6.07, 6.45) is 3.58. The lowest BCUT2D eigenvalue weighted by molar-refractivity contribution is -0.149. The van der Waals surface area contributed by atoms with E-state index in [0.717, 1.165) is 37.1 Å². The molecule has 0 radical (unpaired) electrons. The molecule has 8 atom stereocenters. The lowest BCUT2D eigenvalue weighted by Gasteiger charge is -2.38. The number of aliphatic carboxylic acids is 1. The Bertz CT molecular complexity index is 2170. The molecule has 0 bridgehead atoms. The molecule has 1 aromatic heterocycles. The second-order valence-electron chi connectivity index (χ2n) is 19.3. The Labute approximate surface area is 431 Å². The topological polar surface area (TPSA) is 267 Å².